The van der Waals surface area contributed by atoms with Crippen LogP contribution in [0.15, 0.2) is 78.2 Å². The SMILES string of the molecule is ClC(c1ccccc1)(c1ccccc1)c1cccs1. The van der Waals surface area contributed by atoms with Gasteiger partial charge in [0.25, 0.3) is 0 Å². The van der Waals surface area contributed by atoms with Crippen LogP contribution in [0.3, 0.4) is 0 Å². The Labute approximate surface area is 122 Å². The van der Waals surface area contributed by atoms with Crippen molar-refractivity contribution >= 4 is 22.9 Å². The van der Waals surface area contributed by atoms with E-state index in [0.29, 0.717) is 0 Å². The van der Waals surface area contributed by atoms with Crippen LogP contribution in [0.1, 0.15) is 16.0 Å². The standard InChI is InChI=1S/C17H13ClS/c18-17(16-12-7-13-19-16,14-8-3-1-4-9-14)15-10-5-2-6-11-15/h1-13H. The highest BCUT2D eigenvalue weighted by atomic mass is 35.5. The summed E-state index contributed by atoms with van der Waals surface area (Å²) in [6.45, 7) is 0. The van der Waals surface area contributed by atoms with Crippen LogP contribution in [0.4, 0.5) is 0 Å². The molecule has 0 amide bonds. The second kappa shape index (κ2) is 5.20. The third-order valence-corrected chi connectivity index (χ3v) is 4.95. The molecule has 0 aliphatic heterocycles. The number of hydrogen-bond donors (Lipinski definition) is 0. The average Bonchev–Trinajstić information content (AvgIpc) is 3.03. The Morgan fingerprint density at radius 2 is 1.21 bits per heavy atom. The summed E-state index contributed by atoms with van der Waals surface area (Å²) in [5, 5.41) is 2.07. The van der Waals surface area contributed by atoms with Crippen LogP contribution in [0.2, 0.25) is 0 Å². The number of hydrogen-bond acceptors (Lipinski definition) is 1. The fourth-order valence-electron chi connectivity index (χ4n) is 2.26. The van der Waals surface area contributed by atoms with Crippen molar-refractivity contribution < 1.29 is 0 Å². The molecule has 3 aromatic rings. The minimum atomic E-state index is -0.601. The Morgan fingerprint density at radius 3 is 1.63 bits per heavy atom. The lowest BCUT2D eigenvalue weighted by Crippen LogP contribution is -2.20. The minimum absolute atomic E-state index is 0.601. The number of rotatable bonds is 3. The molecular formula is C17H13ClS. The van der Waals surface area contributed by atoms with Crippen LogP contribution in [-0.2, 0) is 4.87 Å². The number of halogens is 1. The molecule has 3 rings (SSSR count). The van der Waals surface area contributed by atoms with Crippen molar-refractivity contribution in [2.45, 2.75) is 4.87 Å². The first-order valence-electron chi connectivity index (χ1n) is 6.16. The summed E-state index contributed by atoms with van der Waals surface area (Å²) in [7, 11) is 0. The maximum atomic E-state index is 7.07. The highest BCUT2D eigenvalue weighted by Gasteiger charge is 2.34. The predicted octanol–water partition coefficient (Wildman–Crippen LogP) is 5.28. The van der Waals surface area contributed by atoms with Gasteiger partial charge in [0.15, 0.2) is 0 Å². The van der Waals surface area contributed by atoms with Gasteiger partial charge in [-0.15, -0.1) is 22.9 Å². The van der Waals surface area contributed by atoms with E-state index in [1.807, 2.05) is 42.5 Å². The lowest BCUT2D eigenvalue weighted by atomic mass is 9.89. The van der Waals surface area contributed by atoms with E-state index in [1.54, 1.807) is 11.3 Å². The van der Waals surface area contributed by atoms with E-state index >= 15 is 0 Å². The van der Waals surface area contributed by atoms with Gasteiger partial charge in [-0.1, -0.05) is 66.7 Å². The van der Waals surface area contributed by atoms with E-state index in [1.165, 1.54) is 0 Å². The normalized spacial score (nSPS) is 11.4. The molecule has 0 spiro atoms. The number of thiophene rings is 1. The van der Waals surface area contributed by atoms with E-state index in [2.05, 4.69) is 35.7 Å². The molecule has 19 heavy (non-hydrogen) atoms. The zero-order valence-electron chi connectivity index (χ0n) is 10.3. The van der Waals surface area contributed by atoms with Crippen LogP contribution < -0.4 is 0 Å². The first-order valence-corrected chi connectivity index (χ1v) is 7.41. The third kappa shape index (κ3) is 2.20. The molecule has 0 N–H and O–H groups in total. The fraction of sp³-hybridized carbons (Fsp3) is 0.0588. The maximum absolute atomic E-state index is 7.07. The molecule has 0 bridgehead atoms. The quantitative estimate of drug-likeness (QED) is 0.574. The van der Waals surface area contributed by atoms with Gasteiger partial charge < -0.3 is 0 Å². The van der Waals surface area contributed by atoms with Crippen LogP contribution in [0.5, 0.6) is 0 Å². The van der Waals surface area contributed by atoms with E-state index in [4.69, 9.17) is 11.6 Å². The molecule has 2 aromatic carbocycles. The molecular weight excluding hydrogens is 272 g/mol. The van der Waals surface area contributed by atoms with E-state index in [0.717, 1.165) is 16.0 Å². The van der Waals surface area contributed by atoms with Gasteiger partial charge in [0.1, 0.15) is 4.87 Å². The van der Waals surface area contributed by atoms with Crippen molar-refractivity contribution in [1.29, 1.82) is 0 Å². The van der Waals surface area contributed by atoms with Crippen LogP contribution in [0, 0.1) is 0 Å². The molecule has 2 heteroatoms. The van der Waals surface area contributed by atoms with Gasteiger partial charge in [-0.2, -0.15) is 0 Å². The summed E-state index contributed by atoms with van der Waals surface area (Å²) >= 11 is 8.75. The van der Waals surface area contributed by atoms with Gasteiger partial charge in [-0.05, 0) is 22.6 Å². The maximum Gasteiger partial charge on any atom is 0.128 e. The molecule has 0 aliphatic carbocycles. The second-order valence-corrected chi connectivity index (χ2v) is 5.88. The van der Waals surface area contributed by atoms with Crippen molar-refractivity contribution in [1.82, 2.24) is 0 Å². The van der Waals surface area contributed by atoms with Gasteiger partial charge >= 0.3 is 0 Å². The molecule has 0 nitrogen and oxygen atoms in total. The van der Waals surface area contributed by atoms with Gasteiger partial charge in [-0.3, -0.25) is 0 Å². The lowest BCUT2D eigenvalue weighted by Gasteiger charge is -2.27. The van der Waals surface area contributed by atoms with Gasteiger partial charge in [0.2, 0.25) is 0 Å². The van der Waals surface area contributed by atoms with E-state index in [-0.39, 0.29) is 0 Å². The second-order valence-electron chi connectivity index (χ2n) is 4.37. The first kappa shape index (κ1) is 12.5. The summed E-state index contributed by atoms with van der Waals surface area (Å²) in [4.78, 5) is 0.544. The molecule has 0 saturated heterocycles. The predicted molar refractivity (Wildman–Crippen MR) is 82.9 cm³/mol. The highest BCUT2D eigenvalue weighted by Crippen LogP contribution is 2.44. The van der Waals surface area contributed by atoms with Crippen molar-refractivity contribution in [3.8, 4) is 0 Å². The topological polar surface area (TPSA) is 0 Å². The third-order valence-electron chi connectivity index (χ3n) is 3.20. The minimum Gasteiger partial charge on any atom is -0.146 e. The van der Waals surface area contributed by atoms with E-state index < -0.39 is 4.87 Å². The Hall–Kier alpha value is -1.57. The smallest absolute Gasteiger partial charge is 0.128 e. The zero-order chi connectivity index (χ0) is 13.1. The highest BCUT2D eigenvalue weighted by molar-refractivity contribution is 7.10. The molecule has 0 aliphatic rings. The summed E-state index contributed by atoms with van der Waals surface area (Å²) in [6, 6.07) is 24.6. The largest absolute Gasteiger partial charge is 0.146 e. The monoisotopic (exact) mass is 284 g/mol. The zero-order valence-corrected chi connectivity index (χ0v) is 11.9. The number of alkyl halides is 1. The van der Waals surface area contributed by atoms with Gasteiger partial charge in [0, 0.05) is 4.88 Å². The van der Waals surface area contributed by atoms with E-state index in [9.17, 15) is 0 Å². The van der Waals surface area contributed by atoms with Gasteiger partial charge in [-0.25, -0.2) is 0 Å². The Balaban J connectivity index is 2.23. The Kier molecular flexibility index (Phi) is 3.41. The summed E-state index contributed by atoms with van der Waals surface area (Å²) in [5.41, 5.74) is 2.20. The van der Waals surface area contributed by atoms with Crippen LogP contribution in [0.25, 0.3) is 0 Å². The van der Waals surface area contributed by atoms with Crippen LogP contribution >= 0.6 is 22.9 Å². The summed E-state index contributed by atoms with van der Waals surface area (Å²) in [6.07, 6.45) is 0. The number of benzene rings is 2. The molecule has 1 heterocycles. The Bertz CT molecular complexity index is 590. The molecule has 0 fully saturated rings. The van der Waals surface area contributed by atoms with Crippen molar-refractivity contribution in [2.24, 2.45) is 0 Å². The summed E-state index contributed by atoms with van der Waals surface area (Å²) in [5.74, 6) is 0. The van der Waals surface area contributed by atoms with Crippen molar-refractivity contribution in [2.75, 3.05) is 0 Å². The summed E-state index contributed by atoms with van der Waals surface area (Å²) < 4.78 is 0. The molecule has 94 valence electrons. The lowest BCUT2D eigenvalue weighted by molar-refractivity contribution is 0.903. The van der Waals surface area contributed by atoms with Crippen LogP contribution in [-0.4, -0.2) is 0 Å². The fourth-order valence-corrected chi connectivity index (χ4v) is 3.57. The average molecular weight is 285 g/mol. The molecule has 0 atom stereocenters. The van der Waals surface area contributed by atoms with Crippen molar-refractivity contribution in [3.05, 3.63) is 94.2 Å². The Morgan fingerprint density at radius 1 is 0.684 bits per heavy atom. The van der Waals surface area contributed by atoms with Gasteiger partial charge in [0.05, 0.1) is 0 Å². The molecule has 1 aromatic heterocycles. The molecule has 0 radical (unpaired) electrons. The first-order chi connectivity index (χ1) is 9.32. The van der Waals surface area contributed by atoms with Crippen molar-refractivity contribution in [3.63, 3.8) is 0 Å². The molecule has 0 saturated carbocycles. The molecule has 0 unspecified atom stereocenters.